The van der Waals surface area contributed by atoms with E-state index in [0.29, 0.717) is 18.8 Å². The number of aryl methyl sites for hydroxylation is 1. The minimum atomic E-state index is -3.88. The predicted molar refractivity (Wildman–Crippen MR) is 127 cm³/mol. The number of benzene rings is 3. The molecule has 0 unspecified atom stereocenters. The number of aromatic nitrogens is 2. The van der Waals surface area contributed by atoms with Gasteiger partial charge < -0.3 is 14.6 Å². The van der Waals surface area contributed by atoms with Gasteiger partial charge in [0, 0.05) is 13.1 Å². The van der Waals surface area contributed by atoms with Crippen molar-refractivity contribution in [2.24, 2.45) is 0 Å². The van der Waals surface area contributed by atoms with E-state index in [9.17, 15) is 13.2 Å². The van der Waals surface area contributed by atoms with Crippen LogP contribution in [0.15, 0.2) is 77.7 Å². The average Bonchev–Trinajstić information content (AvgIpc) is 3.14. The highest BCUT2D eigenvalue weighted by Crippen LogP contribution is 2.22. The van der Waals surface area contributed by atoms with E-state index < -0.39 is 10.0 Å². The van der Waals surface area contributed by atoms with Crippen LogP contribution in [0.25, 0.3) is 11.0 Å². The summed E-state index contributed by atoms with van der Waals surface area (Å²) in [6.45, 7) is 2.82. The summed E-state index contributed by atoms with van der Waals surface area (Å²) in [6, 6.07) is 20.3. The predicted octanol–water partition coefficient (Wildman–Crippen LogP) is 3.58. The molecule has 9 heteroatoms. The number of rotatable bonds is 8. The molecule has 0 aliphatic carbocycles. The van der Waals surface area contributed by atoms with Crippen molar-refractivity contribution in [2.75, 3.05) is 18.4 Å². The minimum Gasteiger partial charge on any atom is -0.497 e. The smallest absolute Gasteiger partial charge is 0.261 e. The lowest BCUT2D eigenvalue weighted by molar-refractivity contribution is 0.0953. The van der Waals surface area contributed by atoms with E-state index in [0.717, 1.165) is 16.9 Å². The lowest BCUT2D eigenvalue weighted by atomic mass is 10.1. The fourth-order valence-electron chi connectivity index (χ4n) is 3.58. The maximum absolute atomic E-state index is 12.9. The largest absolute Gasteiger partial charge is 0.497 e. The van der Waals surface area contributed by atoms with Crippen LogP contribution >= 0.6 is 0 Å². The van der Waals surface area contributed by atoms with Crippen molar-refractivity contribution in [1.29, 1.82) is 0 Å². The number of methoxy groups -OCH3 is 1. The Bertz CT molecular complexity index is 1400. The molecule has 170 valence electrons. The van der Waals surface area contributed by atoms with E-state index in [1.54, 1.807) is 36.4 Å². The number of anilines is 1. The molecule has 0 bridgehead atoms. The van der Waals surface area contributed by atoms with Crippen LogP contribution in [0.4, 0.5) is 5.69 Å². The highest BCUT2D eigenvalue weighted by atomic mass is 32.2. The number of para-hydroxylation sites is 3. The Kier molecular flexibility index (Phi) is 6.32. The van der Waals surface area contributed by atoms with Gasteiger partial charge in [-0.05, 0) is 55.5 Å². The highest BCUT2D eigenvalue weighted by Gasteiger charge is 2.19. The van der Waals surface area contributed by atoms with Crippen molar-refractivity contribution in [3.05, 3.63) is 84.2 Å². The molecule has 1 heterocycles. The van der Waals surface area contributed by atoms with Gasteiger partial charge in [-0.3, -0.25) is 9.52 Å². The molecule has 0 radical (unpaired) electrons. The SMILES string of the molecule is COc1ccc(S(=O)(=O)Nc2ccccc2C(=O)NCCn2c(C)nc3ccccc32)cc1. The summed E-state index contributed by atoms with van der Waals surface area (Å²) in [4.78, 5) is 17.5. The van der Waals surface area contributed by atoms with Gasteiger partial charge in [0.1, 0.15) is 11.6 Å². The summed E-state index contributed by atoms with van der Waals surface area (Å²) in [7, 11) is -2.37. The number of fused-ring (bicyclic) bond motifs is 1. The summed E-state index contributed by atoms with van der Waals surface area (Å²) in [5.74, 6) is 1.04. The number of carbonyl (C=O) groups is 1. The van der Waals surface area contributed by atoms with Crippen LogP contribution in [0.1, 0.15) is 16.2 Å². The molecule has 0 spiro atoms. The number of ether oxygens (including phenoxy) is 1. The maximum atomic E-state index is 12.9. The lowest BCUT2D eigenvalue weighted by Gasteiger charge is -2.14. The lowest BCUT2D eigenvalue weighted by Crippen LogP contribution is -2.28. The summed E-state index contributed by atoms with van der Waals surface area (Å²) >= 11 is 0. The van der Waals surface area contributed by atoms with Crippen LogP contribution in [0, 0.1) is 6.92 Å². The second kappa shape index (κ2) is 9.33. The van der Waals surface area contributed by atoms with Gasteiger partial charge >= 0.3 is 0 Å². The number of nitrogens with zero attached hydrogens (tertiary/aromatic N) is 2. The van der Waals surface area contributed by atoms with Gasteiger partial charge in [0.2, 0.25) is 0 Å². The number of amides is 1. The Balaban J connectivity index is 1.47. The first-order chi connectivity index (χ1) is 15.9. The zero-order chi connectivity index (χ0) is 23.4. The second-order valence-electron chi connectivity index (χ2n) is 7.38. The molecule has 0 saturated carbocycles. The quantitative estimate of drug-likeness (QED) is 0.415. The molecule has 0 aliphatic heterocycles. The monoisotopic (exact) mass is 464 g/mol. The van der Waals surface area contributed by atoms with E-state index >= 15 is 0 Å². The molecule has 0 fully saturated rings. The molecule has 3 aromatic carbocycles. The maximum Gasteiger partial charge on any atom is 0.261 e. The van der Waals surface area contributed by atoms with Gasteiger partial charge in [0.25, 0.3) is 15.9 Å². The number of nitrogens with one attached hydrogen (secondary N) is 2. The molecule has 4 rings (SSSR count). The van der Waals surface area contributed by atoms with Gasteiger partial charge in [-0.1, -0.05) is 24.3 Å². The van der Waals surface area contributed by atoms with Crippen molar-refractivity contribution in [3.63, 3.8) is 0 Å². The third-order valence-electron chi connectivity index (χ3n) is 5.25. The van der Waals surface area contributed by atoms with E-state index in [1.807, 2.05) is 35.8 Å². The molecular weight excluding hydrogens is 440 g/mol. The molecule has 4 aromatic rings. The number of hydrogen-bond donors (Lipinski definition) is 2. The normalized spacial score (nSPS) is 11.3. The van der Waals surface area contributed by atoms with Gasteiger partial charge in [-0.25, -0.2) is 13.4 Å². The first-order valence-corrected chi connectivity index (χ1v) is 11.8. The Hall–Kier alpha value is -3.85. The molecule has 0 atom stereocenters. The molecule has 0 saturated heterocycles. The third-order valence-corrected chi connectivity index (χ3v) is 6.63. The van der Waals surface area contributed by atoms with Crippen molar-refractivity contribution in [1.82, 2.24) is 14.9 Å². The summed E-state index contributed by atoms with van der Waals surface area (Å²) < 4.78 is 35.2. The van der Waals surface area contributed by atoms with E-state index in [4.69, 9.17) is 4.74 Å². The molecule has 1 aromatic heterocycles. The fraction of sp³-hybridized carbons (Fsp3) is 0.167. The Morgan fingerprint density at radius 2 is 1.70 bits per heavy atom. The number of imidazole rings is 1. The Labute approximate surface area is 192 Å². The van der Waals surface area contributed by atoms with Gasteiger partial charge in [-0.2, -0.15) is 0 Å². The van der Waals surface area contributed by atoms with Gasteiger partial charge in [0.15, 0.2) is 0 Å². The second-order valence-corrected chi connectivity index (χ2v) is 9.06. The molecule has 0 aliphatic rings. The molecular formula is C24H24N4O4S. The molecule has 33 heavy (non-hydrogen) atoms. The number of carbonyl (C=O) groups excluding carboxylic acids is 1. The van der Waals surface area contributed by atoms with Crippen molar-refractivity contribution in [3.8, 4) is 5.75 Å². The van der Waals surface area contributed by atoms with Crippen LogP contribution in [0.2, 0.25) is 0 Å². The Morgan fingerprint density at radius 3 is 2.45 bits per heavy atom. The molecule has 8 nitrogen and oxygen atoms in total. The summed E-state index contributed by atoms with van der Waals surface area (Å²) in [6.07, 6.45) is 0. The van der Waals surface area contributed by atoms with Gasteiger partial charge in [0.05, 0.1) is 34.3 Å². The first-order valence-electron chi connectivity index (χ1n) is 10.3. The Morgan fingerprint density at radius 1 is 1.00 bits per heavy atom. The third kappa shape index (κ3) is 4.83. The van der Waals surface area contributed by atoms with Crippen molar-refractivity contribution in [2.45, 2.75) is 18.4 Å². The van der Waals surface area contributed by atoms with E-state index in [-0.39, 0.29) is 22.1 Å². The highest BCUT2D eigenvalue weighted by molar-refractivity contribution is 7.92. The van der Waals surface area contributed by atoms with Gasteiger partial charge in [-0.15, -0.1) is 0 Å². The zero-order valence-electron chi connectivity index (χ0n) is 18.3. The topological polar surface area (TPSA) is 102 Å². The van der Waals surface area contributed by atoms with E-state index in [1.165, 1.54) is 19.2 Å². The van der Waals surface area contributed by atoms with E-state index in [2.05, 4.69) is 15.0 Å². The molecule has 1 amide bonds. The van der Waals surface area contributed by atoms with Crippen LogP contribution in [-0.2, 0) is 16.6 Å². The van der Waals surface area contributed by atoms with Crippen LogP contribution < -0.4 is 14.8 Å². The zero-order valence-corrected chi connectivity index (χ0v) is 19.1. The standard InChI is InChI=1S/C24H24N4O4S/c1-17-26-22-9-5-6-10-23(22)28(17)16-15-25-24(29)20-7-3-4-8-21(20)27-33(30,31)19-13-11-18(32-2)12-14-19/h3-14,27H,15-16H2,1-2H3,(H,25,29). The van der Waals surface area contributed by atoms with Crippen LogP contribution in [0.5, 0.6) is 5.75 Å². The number of hydrogen-bond acceptors (Lipinski definition) is 5. The van der Waals surface area contributed by atoms with Crippen molar-refractivity contribution < 1.29 is 17.9 Å². The van der Waals surface area contributed by atoms with Crippen LogP contribution in [-0.4, -0.2) is 37.5 Å². The first kappa shape index (κ1) is 22.3. The minimum absolute atomic E-state index is 0.0703. The average molecular weight is 465 g/mol. The fourth-order valence-corrected chi connectivity index (χ4v) is 4.66. The van der Waals surface area contributed by atoms with Crippen LogP contribution in [0.3, 0.4) is 0 Å². The van der Waals surface area contributed by atoms with Crippen molar-refractivity contribution >= 4 is 32.7 Å². The summed E-state index contributed by atoms with van der Waals surface area (Å²) in [5.41, 5.74) is 2.34. The summed E-state index contributed by atoms with van der Waals surface area (Å²) in [5, 5.41) is 2.87. The number of sulfonamides is 1. The molecule has 2 N–H and O–H groups in total.